The number of hydrogen-bond donors (Lipinski definition) is 1. The van der Waals surface area contributed by atoms with Crippen molar-refractivity contribution in [1.82, 2.24) is 4.98 Å². The lowest BCUT2D eigenvalue weighted by molar-refractivity contribution is 0.338. The molecule has 0 radical (unpaired) electrons. The first-order valence-electron chi connectivity index (χ1n) is 4.75. The summed E-state index contributed by atoms with van der Waals surface area (Å²) in [5.41, 5.74) is 6.57. The van der Waals surface area contributed by atoms with Gasteiger partial charge >= 0.3 is 0 Å². The van der Waals surface area contributed by atoms with Gasteiger partial charge in [0.25, 0.3) is 0 Å². The lowest BCUT2D eigenvalue weighted by atomic mass is 9.86. The maximum atomic E-state index is 13.3. The van der Waals surface area contributed by atoms with Crippen molar-refractivity contribution in [2.75, 3.05) is 0 Å². The van der Waals surface area contributed by atoms with Gasteiger partial charge in [0.1, 0.15) is 5.82 Å². The zero-order chi connectivity index (χ0) is 10.8. The van der Waals surface area contributed by atoms with Crippen LogP contribution in [-0.2, 0) is 0 Å². The number of rotatable bonds is 2. The van der Waals surface area contributed by atoms with E-state index in [0.717, 1.165) is 6.42 Å². The standard InChI is InChI=1S/C11H17FN2/c1-11(2,3)6-10(13)8-4-5-14-7-9(8)12/h4-5,7,10H,6,13H2,1-3H3. The van der Waals surface area contributed by atoms with E-state index in [2.05, 4.69) is 25.8 Å². The van der Waals surface area contributed by atoms with Crippen molar-refractivity contribution < 1.29 is 4.39 Å². The van der Waals surface area contributed by atoms with Crippen molar-refractivity contribution in [2.45, 2.75) is 33.2 Å². The molecule has 0 aromatic carbocycles. The summed E-state index contributed by atoms with van der Waals surface area (Å²) in [5, 5.41) is 0. The van der Waals surface area contributed by atoms with Gasteiger partial charge in [-0.05, 0) is 17.9 Å². The molecule has 1 rings (SSSR count). The Hall–Kier alpha value is -0.960. The first kappa shape index (κ1) is 11.1. The highest BCUT2D eigenvalue weighted by Gasteiger charge is 2.19. The minimum Gasteiger partial charge on any atom is -0.324 e. The molecule has 2 nitrogen and oxygen atoms in total. The SMILES string of the molecule is CC(C)(C)CC(N)c1ccncc1F. The maximum Gasteiger partial charge on any atom is 0.146 e. The van der Waals surface area contributed by atoms with Crippen LogP contribution in [0.4, 0.5) is 4.39 Å². The second-order valence-corrected chi connectivity index (χ2v) is 4.77. The fourth-order valence-electron chi connectivity index (χ4n) is 1.46. The Morgan fingerprint density at radius 2 is 2.14 bits per heavy atom. The van der Waals surface area contributed by atoms with Crippen LogP contribution in [0.2, 0.25) is 0 Å². The predicted molar refractivity (Wildman–Crippen MR) is 55.2 cm³/mol. The van der Waals surface area contributed by atoms with E-state index in [-0.39, 0.29) is 17.3 Å². The molecule has 1 heterocycles. The van der Waals surface area contributed by atoms with Crippen molar-refractivity contribution in [1.29, 1.82) is 0 Å². The summed E-state index contributed by atoms with van der Waals surface area (Å²) >= 11 is 0. The van der Waals surface area contributed by atoms with Crippen LogP contribution in [0, 0.1) is 11.2 Å². The van der Waals surface area contributed by atoms with Gasteiger partial charge in [0.05, 0.1) is 6.20 Å². The van der Waals surface area contributed by atoms with E-state index in [0.29, 0.717) is 5.56 Å². The topological polar surface area (TPSA) is 38.9 Å². The molecule has 0 aliphatic carbocycles. The molecular formula is C11H17FN2. The van der Waals surface area contributed by atoms with Crippen LogP contribution in [0.15, 0.2) is 18.5 Å². The Balaban J connectivity index is 2.80. The highest BCUT2D eigenvalue weighted by atomic mass is 19.1. The van der Waals surface area contributed by atoms with Gasteiger partial charge in [0.15, 0.2) is 0 Å². The average molecular weight is 196 g/mol. The molecule has 14 heavy (non-hydrogen) atoms. The van der Waals surface area contributed by atoms with E-state index in [1.165, 1.54) is 6.20 Å². The Bertz CT molecular complexity index is 304. The smallest absolute Gasteiger partial charge is 0.146 e. The molecule has 0 spiro atoms. The maximum absolute atomic E-state index is 13.3. The Morgan fingerprint density at radius 1 is 1.50 bits per heavy atom. The van der Waals surface area contributed by atoms with Crippen molar-refractivity contribution in [2.24, 2.45) is 11.1 Å². The first-order chi connectivity index (χ1) is 6.40. The monoisotopic (exact) mass is 196 g/mol. The largest absolute Gasteiger partial charge is 0.324 e. The zero-order valence-electron chi connectivity index (χ0n) is 8.92. The summed E-state index contributed by atoms with van der Waals surface area (Å²) in [6.07, 6.45) is 3.53. The molecule has 1 atom stereocenters. The second-order valence-electron chi connectivity index (χ2n) is 4.77. The lowest BCUT2D eigenvalue weighted by Crippen LogP contribution is -2.19. The molecule has 0 aliphatic heterocycles. The summed E-state index contributed by atoms with van der Waals surface area (Å²) in [4.78, 5) is 3.69. The first-order valence-corrected chi connectivity index (χ1v) is 4.75. The molecular weight excluding hydrogens is 179 g/mol. The van der Waals surface area contributed by atoms with Gasteiger partial charge in [-0.25, -0.2) is 4.39 Å². The van der Waals surface area contributed by atoms with Gasteiger partial charge in [-0.3, -0.25) is 4.98 Å². The number of pyridine rings is 1. The van der Waals surface area contributed by atoms with Crippen LogP contribution in [0.5, 0.6) is 0 Å². The fraction of sp³-hybridized carbons (Fsp3) is 0.545. The van der Waals surface area contributed by atoms with E-state index < -0.39 is 0 Å². The van der Waals surface area contributed by atoms with Crippen molar-refractivity contribution in [3.63, 3.8) is 0 Å². The van der Waals surface area contributed by atoms with E-state index in [1.54, 1.807) is 12.3 Å². The molecule has 1 aromatic rings. The third-order valence-corrected chi connectivity index (χ3v) is 2.04. The predicted octanol–water partition coefficient (Wildman–Crippen LogP) is 2.66. The van der Waals surface area contributed by atoms with Gasteiger partial charge in [-0.2, -0.15) is 0 Å². The molecule has 0 saturated heterocycles. The highest BCUT2D eigenvalue weighted by Crippen LogP contribution is 2.28. The number of halogens is 1. The minimum absolute atomic E-state index is 0.106. The Labute approximate surface area is 84.3 Å². The molecule has 0 fully saturated rings. The van der Waals surface area contributed by atoms with Gasteiger partial charge in [0.2, 0.25) is 0 Å². The van der Waals surface area contributed by atoms with Crippen LogP contribution in [0.3, 0.4) is 0 Å². The van der Waals surface area contributed by atoms with Crippen LogP contribution in [0.1, 0.15) is 38.8 Å². The van der Waals surface area contributed by atoms with Gasteiger partial charge in [0, 0.05) is 17.8 Å². The van der Waals surface area contributed by atoms with Crippen molar-refractivity contribution in [3.05, 3.63) is 29.8 Å². The molecule has 0 saturated carbocycles. The molecule has 2 N–H and O–H groups in total. The number of nitrogens with two attached hydrogens (primary N) is 1. The Kier molecular flexibility index (Phi) is 3.21. The molecule has 0 amide bonds. The van der Waals surface area contributed by atoms with Gasteiger partial charge in [-0.1, -0.05) is 20.8 Å². The summed E-state index contributed by atoms with van der Waals surface area (Å²) in [5.74, 6) is -0.316. The van der Waals surface area contributed by atoms with Crippen LogP contribution >= 0.6 is 0 Å². The molecule has 1 aromatic heterocycles. The van der Waals surface area contributed by atoms with E-state index >= 15 is 0 Å². The van der Waals surface area contributed by atoms with Gasteiger partial charge < -0.3 is 5.73 Å². The quantitative estimate of drug-likeness (QED) is 0.789. The summed E-state index contributed by atoms with van der Waals surface area (Å²) in [7, 11) is 0. The molecule has 0 bridgehead atoms. The number of nitrogens with zero attached hydrogens (tertiary/aromatic N) is 1. The fourth-order valence-corrected chi connectivity index (χ4v) is 1.46. The lowest BCUT2D eigenvalue weighted by Gasteiger charge is -2.23. The molecule has 78 valence electrons. The van der Waals surface area contributed by atoms with Crippen LogP contribution in [0.25, 0.3) is 0 Å². The minimum atomic E-state index is -0.316. The second kappa shape index (κ2) is 4.05. The highest BCUT2D eigenvalue weighted by molar-refractivity contribution is 5.17. The molecule has 0 aliphatic rings. The van der Waals surface area contributed by atoms with Crippen LogP contribution < -0.4 is 5.73 Å². The molecule has 3 heteroatoms. The normalized spacial score (nSPS) is 14.1. The van der Waals surface area contributed by atoms with Crippen molar-refractivity contribution >= 4 is 0 Å². The summed E-state index contributed by atoms with van der Waals surface area (Å²) in [6.45, 7) is 6.27. The van der Waals surface area contributed by atoms with Crippen molar-refractivity contribution in [3.8, 4) is 0 Å². The van der Waals surface area contributed by atoms with E-state index in [1.807, 2.05) is 0 Å². The number of aromatic nitrogens is 1. The average Bonchev–Trinajstić information content (AvgIpc) is 2.01. The van der Waals surface area contributed by atoms with Gasteiger partial charge in [-0.15, -0.1) is 0 Å². The Morgan fingerprint density at radius 3 is 2.64 bits per heavy atom. The molecule has 1 unspecified atom stereocenters. The van der Waals surface area contributed by atoms with E-state index in [4.69, 9.17) is 5.73 Å². The van der Waals surface area contributed by atoms with Crippen LogP contribution in [-0.4, -0.2) is 4.98 Å². The third-order valence-electron chi connectivity index (χ3n) is 2.04. The third kappa shape index (κ3) is 3.07. The zero-order valence-corrected chi connectivity index (χ0v) is 8.92. The van der Waals surface area contributed by atoms with E-state index in [9.17, 15) is 4.39 Å². The number of hydrogen-bond acceptors (Lipinski definition) is 2. The summed E-state index contributed by atoms with van der Waals surface area (Å²) < 4.78 is 13.3. The summed E-state index contributed by atoms with van der Waals surface area (Å²) in [6, 6.07) is 1.39.